The Morgan fingerprint density at radius 3 is 2.72 bits per heavy atom. The van der Waals surface area contributed by atoms with Gasteiger partial charge in [0.2, 0.25) is 0 Å². The van der Waals surface area contributed by atoms with Gasteiger partial charge in [-0.2, -0.15) is 0 Å². The minimum Gasteiger partial charge on any atom is -0.497 e. The van der Waals surface area contributed by atoms with Gasteiger partial charge in [-0.1, -0.05) is 42.8 Å². The number of hydrogen-bond acceptors (Lipinski definition) is 3. The van der Waals surface area contributed by atoms with Crippen LogP contribution in [0.15, 0.2) is 48.5 Å². The van der Waals surface area contributed by atoms with Gasteiger partial charge in [-0.05, 0) is 61.1 Å². The number of unbranched alkanes of at least 4 members (excludes halogenated alkanes) is 2. The molecule has 1 aliphatic heterocycles. The molecule has 2 aromatic carbocycles. The number of aryl methyl sites for hydroxylation is 1. The third-order valence-corrected chi connectivity index (χ3v) is 5.12. The predicted molar refractivity (Wildman–Crippen MR) is 102 cm³/mol. The molecular formula is C22H29NO2. The van der Waals surface area contributed by atoms with Crippen LogP contribution in [0.1, 0.15) is 42.1 Å². The highest BCUT2D eigenvalue weighted by Crippen LogP contribution is 2.27. The van der Waals surface area contributed by atoms with E-state index in [0.717, 1.165) is 43.8 Å². The minimum atomic E-state index is -0.396. The SMILES string of the molecule is COc1ccc2c(c1)CCN(CCCCCc1ccccc1)CC2O. The number of aliphatic hydroxyl groups is 1. The molecule has 0 spiro atoms. The number of nitrogens with zero attached hydrogens (tertiary/aromatic N) is 1. The van der Waals surface area contributed by atoms with E-state index in [4.69, 9.17) is 4.74 Å². The van der Waals surface area contributed by atoms with Crippen molar-refractivity contribution in [2.75, 3.05) is 26.7 Å². The molecule has 0 aliphatic carbocycles. The van der Waals surface area contributed by atoms with Crippen molar-refractivity contribution >= 4 is 0 Å². The molecule has 1 unspecified atom stereocenters. The predicted octanol–water partition coefficient (Wildman–Crippen LogP) is 4.00. The van der Waals surface area contributed by atoms with E-state index in [2.05, 4.69) is 41.3 Å². The number of β-amino-alcohol motifs (C(OH)–C–C–N with tert-alkyl or cyclic N) is 1. The van der Waals surface area contributed by atoms with Crippen molar-refractivity contribution in [1.29, 1.82) is 0 Å². The molecule has 1 atom stereocenters. The quantitative estimate of drug-likeness (QED) is 0.774. The molecule has 0 radical (unpaired) electrons. The van der Waals surface area contributed by atoms with Crippen LogP contribution in [0.3, 0.4) is 0 Å². The number of ether oxygens (including phenoxy) is 1. The number of fused-ring (bicyclic) bond motifs is 1. The normalized spacial score (nSPS) is 17.8. The topological polar surface area (TPSA) is 32.7 Å². The first-order chi connectivity index (χ1) is 12.3. The Kier molecular flexibility index (Phi) is 6.48. The Morgan fingerprint density at radius 2 is 1.92 bits per heavy atom. The molecule has 0 bridgehead atoms. The van der Waals surface area contributed by atoms with Gasteiger partial charge in [0.25, 0.3) is 0 Å². The van der Waals surface area contributed by atoms with Crippen molar-refractivity contribution < 1.29 is 9.84 Å². The van der Waals surface area contributed by atoms with Gasteiger partial charge in [-0.25, -0.2) is 0 Å². The summed E-state index contributed by atoms with van der Waals surface area (Å²) in [6, 6.07) is 16.7. The molecular weight excluding hydrogens is 310 g/mol. The van der Waals surface area contributed by atoms with Crippen LogP contribution in [0.5, 0.6) is 5.75 Å². The smallest absolute Gasteiger partial charge is 0.119 e. The molecule has 3 rings (SSSR count). The van der Waals surface area contributed by atoms with E-state index in [1.165, 1.54) is 30.4 Å². The van der Waals surface area contributed by atoms with Crippen molar-refractivity contribution in [1.82, 2.24) is 4.90 Å². The van der Waals surface area contributed by atoms with Gasteiger partial charge in [-0.3, -0.25) is 0 Å². The molecule has 0 fully saturated rings. The maximum absolute atomic E-state index is 10.5. The number of aliphatic hydroxyl groups excluding tert-OH is 1. The molecule has 3 nitrogen and oxygen atoms in total. The maximum atomic E-state index is 10.5. The third-order valence-electron chi connectivity index (χ3n) is 5.12. The fraction of sp³-hybridized carbons (Fsp3) is 0.455. The zero-order valence-electron chi connectivity index (χ0n) is 15.2. The molecule has 0 saturated heterocycles. The van der Waals surface area contributed by atoms with E-state index in [9.17, 15) is 5.11 Å². The molecule has 0 aromatic heterocycles. The molecule has 1 aliphatic rings. The Bertz CT molecular complexity index is 656. The average molecular weight is 339 g/mol. The van der Waals surface area contributed by atoms with E-state index in [-0.39, 0.29) is 0 Å². The van der Waals surface area contributed by atoms with E-state index in [1.54, 1.807) is 7.11 Å². The summed E-state index contributed by atoms with van der Waals surface area (Å²) >= 11 is 0. The summed E-state index contributed by atoms with van der Waals surface area (Å²) in [5.41, 5.74) is 3.71. The van der Waals surface area contributed by atoms with Crippen LogP contribution in [0, 0.1) is 0 Å². The molecule has 0 saturated carbocycles. The first kappa shape index (κ1) is 18.0. The molecule has 134 valence electrons. The van der Waals surface area contributed by atoms with Crippen molar-refractivity contribution in [2.45, 2.75) is 38.2 Å². The largest absolute Gasteiger partial charge is 0.497 e. The lowest BCUT2D eigenvalue weighted by Gasteiger charge is -2.22. The number of hydrogen-bond donors (Lipinski definition) is 1. The van der Waals surface area contributed by atoms with Crippen molar-refractivity contribution in [3.05, 3.63) is 65.2 Å². The second-order valence-corrected chi connectivity index (χ2v) is 6.93. The van der Waals surface area contributed by atoms with Gasteiger partial charge in [0.1, 0.15) is 5.75 Å². The number of rotatable bonds is 7. The number of benzene rings is 2. The van der Waals surface area contributed by atoms with E-state index < -0.39 is 6.10 Å². The lowest BCUT2D eigenvalue weighted by molar-refractivity contribution is 0.119. The van der Waals surface area contributed by atoms with Crippen LogP contribution in [0.2, 0.25) is 0 Å². The lowest BCUT2D eigenvalue weighted by atomic mass is 10.0. The van der Waals surface area contributed by atoms with Gasteiger partial charge in [0.05, 0.1) is 13.2 Å². The van der Waals surface area contributed by atoms with Crippen molar-refractivity contribution in [2.24, 2.45) is 0 Å². The lowest BCUT2D eigenvalue weighted by Crippen LogP contribution is -2.29. The Labute approximate surface area is 151 Å². The van der Waals surface area contributed by atoms with Gasteiger partial charge in [-0.15, -0.1) is 0 Å². The van der Waals surface area contributed by atoms with Gasteiger partial charge in [0, 0.05) is 13.1 Å². The van der Waals surface area contributed by atoms with Crippen molar-refractivity contribution in [3.63, 3.8) is 0 Å². The van der Waals surface area contributed by atoms with Crippen molar-refractivity contribution in [3.8, 4) is 5.75 Å². The average Bonchev–Trinajstić information content (AvgIpc) is 2.81. The highest BCUT2D eigenvalue weighted by atomic mass is 16.5. The monoisotopic (exact) mass is 339 g/mol. The summed E-state index contributed by atoms with van der Waals surface area (Å²) in [6.45, 7) is 2.81. The third kappa shape index (κ3) is 5.07. The molecule has 0 amide bonds. The standard InChI is InChI=1S/C22H29NO2/c1-25-20-11-12-21-19(16-20)13-15-23(17-22(21)24)14-7-3-6-10-18-8-4-2-5-9-18/h2,4-5,8-9,11-12,16,22,24H,3,6-7,10,13-15,17H2,1H3. The summed E-state index contributed by atoms with van der Waals surface area (Å²) in [5, 5.41) is 10.5. The Balaban J connectivity index is 1.44. The van der Waals surface area contributed by atoms with E-state index in [0.29, 0.717) is 0 Å². The van der Waals surface area contributed by atoms with Crippen LogP contribution in [0.4, 0.5) is 0 Å². The Morgan fingerprint density at radius 1 is 1.08 bits per heavy atom. The van der Waals surface area contributed by atoms with E-state index >= 15 is 0 Å². The summed E-state index contributed by atoms with van der Waals surface area (Å²) in [4.78, 5) is 2.40. The number of methoxy groups -OCH3 is 1. The highest BCUT2D eigenvalue weighted by Gasteiger charge is 2.21. The van der Waals surface area contributed by atoms with Crippen LogP contribution in [-0.2, 0) is 12.8 Å². The fourth-order valence-electron chi connectivity index (χ4n) is 3.65. The summed E-state index contributed by atoms with van der Waals surface area (Å²) in [7, 11) is 1.69. The first-order valence-corrected chi connectivity index (χ1v) is 9.37. The fourth-order valence-corrected chi connectivity index (χ4v) is 3.65. The van der Waals surface area contributed by atoms with Gasteiger partial charge >= 0.3 is 0 Å². The molecule has 25 heavy (non-hydrogen) atoms. The minimum absolute atomic E-state index is 0.396. The molecule has 2 aromatic rings. The zero-order chi connectivity index (χ0) is 17.5. The van der Waals surface area contributed by atoms with Crippen LogP contribution in [0.25, 0.3) is 0 Å². The second kappa shape index (κ2) is 9.02. The van der Waals surface area contributed by atoms with Gasteiger partial charge < -0.3 is 14.7 Å². The summed E-state index contributed by atoms with van der Waals surface area (Å²) < 4.78 is 5.32. The van der Waals surface area contributed by atoms with Crippen LogP contribution < -0.4 is 4.74 Å². The molecule has 1 heterocycles. The van der Waals surface area contributed by atoms with Gasteiger partial charge in [0.15, 0.2) is 0 Å². The zero-order valence-corrected chi connectivity index (χ0v) is 15.2. The second-order valence-electron chi connectivity index (χ2n) is 6.93. The van der Waals surface area contributed by atoms with E-state index in [1.807, 2.05) is 12.1 Å². The summed E-state index contributed by atoms with van der Waals surface area (Å²) in [5.74, 6) is 0.875. The Hall–Kier alpha value is -1.84. The highest BCUT2D eigenvalue weighted by molar-refractivity contribution is 5.38. The maximum Gasteiger partial charge on any atom is 0.119 e. The molecule has 1 N–H and O–H groups in total. The van der Waals surface area contributed by atoms with Crippen LogP contribution in [-0.4, -0.2) is 36.8 Å². The van der Waals surface area contributed by atoms with Crippen LogP contribution >= 0.6 is 0 Å². The molecule has 3 heteroatoms. The first-order valence-electron chi connectivity index (χ1n) is 9.37. The summed E-state index contributed by atoms with van der Waals surface area (Å²) in [6.07, 6.45) is 5.41.